The summed E-state index contributed by atoms with van der Waals surface area (Å²) in [6.45, 7) is 2.72. The van der Waals surface area contributed by atoms with Crippen molar-refractivity contribution in [1.29, 1.82) is 0 Å². The molecule has 0 fully saturated rings. The minimum absolute atomic E-state index is 0. The summed E-state index contributed by atoms with van der Waals surface area (Å²) in [7, 11) is 0.730. The molecule has 0 bridgehead atoms. The highest BCUT2D eigenvalue weighted by Gasteiger charge is 2.01. The van der Waals surface area contributed by atoms with Crippen LogP contribution >= 0.6 is 0 Å². The van der Waals surface area contributed by atoms with Crippen LogP contribution in [0.1, 0.15) is 13.3 Å². The van der Waals surface area contributed by atoms with Gasteiger partial charge in [0.15, 0.2) is 0 Å². The number of carbonyl (C=O) groups excluding carboxylic acids is 1. The second kappa shape index (κ2) is 18.9. The molecule has 0 atom stereocenters. The molecule has 0 rings (SSSR count). The van der Waals surface area contributed by atoms with Crippen molar-refractivity contribution >= 4 is 16.4 Å². The van der Waals surface area contributed by atoms with Crippen LogP contribution in [0.4, 0.5) is 0 Å². The predicted octanol–water partition coefficient (Wildman–Crippen LogP) is -2.89. The molecule has 134 valence electrons. The summed E-state index contributed by atoms with van der Waals surface area (Å²) >= 11 is 0. The monoisotopic (exact) mass is 341 g/mol. The fraction of sp³-hybridized carbons (Fsp3) is 0.667. The fourth-order valence-corrected chi connectivity index (χ4v) is 0.784. The van der Waals surface area contributed by atoms with Gasteiger partial charge in [0.05, 0.1) is 7.11 Å². The lowest BCUT2D eigenvalue weighted by atomic mass is 10.2. The number of esters is 1. The molecule has 0 aliphatic heterocycles. The summed E-state index contributed by atoms with van der Waals surface area (Å²) in [5, 5.41) is 0. The van der Waals surface area contributed by atoms with Crippen molar-refractivity contribution < 1.29 is 49.0 Å². The van der Waals surface area contributed by atoms with E-state index in [1.165, 1.54) is 7.11 Å². The molecule has 0 amide bonds. The van der Waals surface area contributed by atoms with Crippen molar-refractivity contribution in [3.8, 4) is 0 Å². The Morgan fingerprint density at radius 1 is 1.14 bits per heavy atom. The van der Waals surface area contributed by atoms with Crippen molar-refractivity contribution in [1.82, 2.24) is 4.90 Å². The Morgan fingerprint density at radius 3 is 1.71 bits per heavy atom. The van der Waals surface area contributed by atoms with Gasteiger partial charge in [-0.05, 0) is 27.4 Å². The zero-order chi connectivity index (χ0) is 14.1. The lowest BCUT2D eigenvalue weighted by Gasteiger charge is -2.06. The molecule has 0 aliphatic rings. The second-order valence-corrected chi connectivity index (χ2v) is 4.31. The number of hydrogen-bond acceptors (Lipinski definition) is 5. The molecule has 0 aromatic heterocycles. The molecule has 12 heteroatoms. The first-order valence-corrected chi connectivity index (χ1v) is 6.07. The molecule has 0 saturated carbocycles. The van der Waals surface area contributed by atoms with Crippen LogP contribution in [0.15, 0.2) is 11.6 Å². The number of carbonyl (C=O) groups is 1. The summed E-state index contributed by atoms with van der Waals surface area (Å²) in [6, 6.07) is 0. The van der Waals surface area contributed by atoms with Crippen molar-refractivity contribution in [2.45, 2.75) is 13.3 Å². The standard InChI is InChI=1S/C9H17NO2.H2O4S.4H2O/c1-8(9(11)12-4)6-5-7-10(2)3;1-5(2,3)4;;;;/h6H,5,7H2,1-4H3;(H2,1,2,3,4);4*1H2. The van der Waals surface area contributed by atoms with Gasteiger partial charge < -0.3 is 31.5 Å². The largest absolute Gasteiger partial charge is 0.466 e. The maximum Gasteiger partial charge on any atom is 0.394 e. The highest BCUT2D eigenvalue weighted by molar-refractivity contribution is 7.79. The van der Waals surface area contributed by atoms with Crippen molar-refractivity contribution in [3.05, 3.63) is 11.6 Å². The molecule has 0 saturated heterocycles. The van der Waals surface area contributed by atoms with Crippen molar-refractivity contribution in [2.75, 3.05) is 27.7 Å². The smallest absolute Gasteiger partial charge is 0.394 e. The van der Waals surface area contributed by atoms with Crippen LogP contribution in [-0.2, 0) is 19.9 Å². The van der Waals surface area contributed by atoms with Crippen LogP contribution in [0.3, 0.4) is 0 Å². The van der Waals surface area contributed by atoms with Gasteiger partial charge in [0.1, 0.15) is 0 Å². The number of ether oxygens (including phenoxy) is 1. The van der Waals surface area contributed by atoms with E-state index in [1.807, 2.05) is 20.2 Å². The van der Waals surface area contributed by atoms with Crippen LogP contribution in [-0.4, -0.2) is 78.0 Å². The van der Waals surface area contributed by atoms with Gasteiger partial charge in [0.25, 0.3) is 0 Å². The van der Waals surface area contributed by atoms with E-state index in [2.05, 4.69) is 9.64 Å². The number of hydrogen-bond donors (Lipinski definition) is 2. The van der Waals surface area contributed by atoms with Crippen molar-refractivity contribution in [2.24, 2.45) is 0 Å². The number of methoxy groups -OCH3 is 1. The van der Waals surface area contributed by atoms with Gasteiger partial charge >= 0.3 is 16.4 Å². The lowest BCUT2D eigenvalue weighted by molar-refractivity contribution is -0.136. The van der Waals surface area contributed by atoms with Gasteiger partial charge in [-0.1, -0.05) is 6.08 Å². The molecule has 0 aromatic carbocycles. The Hall–Kier alpha value is -1.12. The van der Waals surface area contributed by atoms with Gasteiger partial charge in [-0.25, -0.2) is 4.79 Å². The third-order valence-electron chi connectivity index (χ3n) is 1.53. The summed E-state index contributed by atoms with van der Waals surface area (Å²) in [5.74, 6) is -0.242. The molecule has 10 N–H and O–H groups in total. The Balaban J connectivity index is -0.0000000552. The molecule has 0 aliphatic carbocycles. The van der Waals surface area contributed by atoms with Gasteiger partial charge in [-0.15, -0.1) is 0 Å². The van der Waals surface area contributed by atoms with E-state index >= 15 is 0 Å². The van der Waals surface area contributed by atoms with E-state index < -0.39 is 10.4 Å². The summed E-state index contributed by atoms with van der Waals surface area (Å²) < 4.78 is 36.1. The maximum atomic E-state index is 10.9. The first-order valence-electron chi connectivity index (χ1n) is 4.67. The number of rotatable bonds is 4. The first-order chi connectivity index (χ1) is 7.57. The Bertz CT molecular complexity index is 344. The predicted molar refractivity (Wildman–Crippen MR) is 77.6 cm³/mol. The fourth-order valence-electron chi connectivity index (χ4n) is 0.784. The molecule has 0 aromatic rings. The quantitative estimate of drug-likeness (QED) is 0.307. The van der Waals surface area contributed by atoms with E-state index in [1.54, 1.807) is 6.92 Å². The SMILES string of the molecule is COC(=O)C(C)=CCCN(C)C.O.O.O.O.O=S(=O)(O)O. The Morgan fingerprint density at radius 2 is 1.48 bits per heavy atom. The third kappa shape index (κ3) is 45.4. The van der Waals surface area contributed by atoms with Crippen LogP contribution in [0.2, 0.25) is 0 Å². The number of nitrogens with zero attached hydrogens (tertiary/aromatic N) is 1. The van der Waals surface area contributed by atoms with E-state index in [0.29, 0.717) is 5.57 Å². The lowest BCUT2D eigenvalue weighted by Crippen LogP contribution is -2.12. The average Bonchev–Trinajstić information content (AvgIpc) is 2.13. The molecule has 11 nitrogen and oxygen atoms in total. The van der Waals surface area contributed by atoms with E-state index in [-0.39, 0.29) is 27.9 Å². The van der Waals surface area contributed by atoms with Gasteiger partial charge in [0, 0.05) is 12.1 Å². The van der Waals surface area contributed by atoms with Crippen molar-refractivity contribution in [3.63, 3.8) is 0 Å². The van der Waals surface area contributed by atoms with E-state index in [9.17, 15) is 4.79 Å². The van der Waals surface area contributed by atoms with E-state index in [0.717, 1.165) is 13.0 Å². The zero-order valence-electron chi connectivity index (χ0n) is 12.4. The minimum atomic E-state index is -4.67. The molecular weight excluding hydrogens is 314 g/mol. The first kappa shape index (κ1) is 36.8. The normalized spacial score (nSPS) is 9.57. The maximum absolute atomic E-state index is 10.9. The topological polar surface area (TPSA) is 230 Å². The summed E-state index contributed by atoms with van der Waals surface area (Å²) in [5.41, 5.74) is 0.680. The minimum Gasteiger partial charge on any atom is -0.466 e. The van der Waals surface area contributed by atoms with Crippen LogP contribution in [0, 0.1) is 0 Å². The van der Waals surface area contributed by atoms with Crippen LogP contribution in [0.5, 0.6) is 0 Å². The second-order valence-electron chi connectivity index (χ2n) is 3.42. The molecule has 0 spiro atoms. The third-order valence-corrected chi connectivity index (χ3v) is 1.53. The molecular formula is C9H27NO10S. The van der Waals surface area contributed by atoms with Crippen LogP contribution in [0.25, 0.3) is 0 Å². The molecule has 21 heavy (non-hydrogen) atoms. The average molecular weight is 341 g/mol. The molecule has 0 unspecified atom stereocenters. The molecule has 0 radical (unpaired) electrons. The highest BCUT2D eigenvalue weighted by Crippen LogP contribution is 1.97. The van der Waals surface area contributed by atoms with Gasteiger partial charge in [0.2, 0.25) is 0 Å². The van der Waals surface area contributed by atoms with Gasteiger partial charge in [-0.3, -0.25) is 9.11 Å². The van der Waals surface area contributed by atoms with Gasteiger partial charge in [-0.2, -0.15) is 8.42 Å². The highest BCUT2D eigenvalue weighted by atomic mass is 32.3. The molecule has 0 heterocycles. The summed E-state index contributed by atoms with van der Waals surface area (Å²) in [4.78, 5) is 13.0. The Kier molecular flexibility index (Phi) is 33.1. The summed E-state index contributed by atoms with van der Waals surface area (Å²) in [6.07, 6.45) is 2.78. The van der Waals surface area contributed by atoms with Crippen LogP contribution < -0.4 is 0 Å². The van der Waals surface area contributed by atoms with E-state index in [4.69, 9.17) is 17.5 Å². The Labute approximate surface area is 124 Å². The zero-order valence-corrected chi connectivity index (χ0v) is 13.2.